The molecule has 0 spiro atoms. The highest BCUT2D eigenvalue weighted by molar-refractivity contribution is 6.07. The summed E-state index contributed by atoms with van der Waals surface area (Å²) in [5.74, 6) is 0.114. The molecule has 0 heterocycles. The first-order valence-electron chi connectivity index (χ1n) is 7.20. The van der Waals surface area contributed by atoms with Crippen molar-refractivity contribution in [1.29, 1.82) is 0 Å². The van der Waals surface area contributed by atoms with Crippen molar-refractivity contribution in [2.75, 3.05) is 26.5 Å². The van der Waals surface area contributed by atoms with Crippen LogP contribution in [-0.4, -0.2) is 37.9 Å². The second-order valence-electron chi connectivity index (χ2n) is 5.44. The topological polar surface area (TPSA) is 58.6 Å². The number of nitrogens with zero attached hydrogens (tertiary/aromatic N) is 1. The highest BCUT2D eigenvalue weighted by Crippen LogP contribution is 2.21. The first kappa shape index (κ1) is 16.5. The zero-order chi connectivity index (χ0) is 17.0. The molecule has 0 saturated heterocycles. The molecule has 2 amide bonds. The Morgan fingerprint density at radius 3 is 2.48 bits per heavy atom. The molecule has 0 unspecified atom stereocenters. The summed E-state index contributed by atoms with van der Waals surface area (Å²) in [6.45, 7) is 1.91. The third kappa shape index (κ3) is 3.88. The molecule has 0 aliphatic rings. The Morgan fingerprint density at radius 2 is 1.83 bits per heavy atom. The number of benzene rings is 2. The maximum Gasteiger partial charge on any atom is 0.259 e. The second kappa shape index (κ2) is 6.96. The Kier molecular flexibility index (Phi) is 5.01. The summed E-state index contributed by atoms with van der Waals surface area (Å²) < 4.78 is 5.23. The number of hydrogen-bond donors (Lipinski definition) is 1. The van der Waals surface area contributed by atoms with Crippen molar-refractivity contribution in [1.82, 2.24) is 4.90 Å². The third-order valence-corrected chi connectivity index (χ3v) is 3.37. The number of methoxy groups -OCH3 is 1. The van der Waals surface area contributed by atoms with E-state index in [1.807, 2.05) is 13.0 Å². The molecule has 0 fully saturated rings. The minimum absolute atomic E-state index is 0.116. The van der Waals surface area contributed by atoms with E-state index in [1.165, 1.54) is 12.0 Å². The van der Waals surface area contributed by atoms with Crippen LogP contribution in [0.2, 0.25) is 0 Å². The number of carbonyl (C=O) groups is 2. The number of rotatable bonds is 4. The van der Waals surface area contributed by atoms with Crippen LogP contribution in [0.25, 0.3) is 0 Å². The predicted octanol–water partition coefficient (Wildman–Crippen LogP) is 2.96. The number of amides is 2. The molecule has 0 bridgehead atoms. The van der Waals surface area contributed by atoms with Gasteiger partial charge in [-0.05, 0) is 37.3 Å². The molecule has 120 valence electrons. The minimum Gasteiger partial charge on any atom is -0.496 e. The Morgan fingerprint density at radius 1 is 1.09 bits per heavy atom. The van der Waals surface area contributed by atoms with Crippen LogP contribution in [0.15, 0.2) is 42.5 Å². The maximum absolute atomic E-state index is 12.5. The summed E-state index contributed by atoms with van der Waals surface area (Å²) in [5, 5.41) is 2.80. The van der Waals surface area contributed by atoms with E-state index in [2.05, 4.69) is 5.32 Å². The van der Waals surface area contributed by atoms with Gasteiger partial charge < -0.3 is 15.0 Å². The van der Waals surface area contributed by atoms with Crippen molar-refractivity contribution in [3.05, 3.63) is 59.2 Å². The average molecular weight is 312 g/mol. The van der Waals surface area contributed by atoms with Gasteiger partial charge in [0.1, 0.15) is 5.75 Å². The molecule has 0 atom stereocenters. The Labute approximate surface area is 135 Å². The van der Waals surface area contributed by atoms with Crippen LogP contribution in [0.5, 0.6) is 5.75 Å². The van der Waals surface area contributed by atoms with Crippen molar-refractivity contribution in [2.45, 2.75) is 6.92 Å². The smallest absolute Gasteiger partial charge is 0.259 e. The van der Waals surface area contributed by atoms with E-state index in [4.69, 9.17) is 4.74 Å². The molecular formula is C18H20N2O3. The summed E-state index contributed by atoms with van der Waals surface area (Å²) in [6.07, 6.45) is 0. The van der Waals surface area contributed by atoms with Crippen LogP contribution in [0.3, 0.4) is 0 Å². The largest absolute Gasteiger partial charge is 0.496 e. The van der Waals surface area contributed by atoms with Crippen LogP contribution >= 0.6 is 0 Å². The molecule has 0 aliphatic heterocycles. The van der Waals surface area contributed by atoms with Gasteiger partial charge in [-0.3, -0.25) is 9.59 Å². The zero-order valence-electron chi connectivity index (χ0n) is 13.7. The van der Waals surface area contributed by atoms with Crippen molar-refractivity contribution in [3.8, 4) is 5.75 Å². The van der Waals surface area contributed by atoms with E-state index in [-0.39, 0.29) is 11.8 Å². The van der Waals surface area contributed by atoms with E-state index < -0.39 is 0 Å². The number of hydrogen-bond acceptors (Lipinski definition) is 3. The molecule has 1 N–H and O–H groups in total. The lowest BCUT2D eigenvalue weighted by Gasteiger charge is -2.13. The fourth-order valence-electron chi connectivity index (χ4n) is 2.19. The lowest BCUT2D eigenvalue weighted by atomic mass is 10.1. The van der Waals surface area contributed by atoms with Gasteiger partial charge in [0.05, 0.1) is 12.7 Å². The minimum atomic E-state index is -0.278. The van der Waals surface area contributed by atoms with Gasteiger partial charge in [0, 0.05) is 25.3 Å². The summed E-state index contributed by atoms with van der Waals surface area (Å²) in [4.78, 5) is 26.0. The van der Waals surface area contributed by atoms with E-state index in [1.54, 1.807) is 50.5 Å². The first-order chi connectivity index (χ1) is 10.9. The van der Waals surface area contributed by atoms with Gasteiger partial charge in [-0.2, -0.15) is 0 Å². The van der Waals surface area contributed by atoms with Crippen LogP contribution in [0.1, 0.15) is 26.3 Å². The molecular weight excluding hydrogens is 292 g/mol. The molecule has 0 saturated carbocycles. The van der Waals surface area contributed by atoms with Crippen molar-refractivity contribution >= 4 is 17.5 Å². The van der Waals surface area contributed by atoms with E-state index in [0.29, 0.717) is 22.6 Å². The maximum atomic E-state index is 12.5. The molecule has 2 aromatic rings. The van der Waals surface area contributed by atoms with E-state index in [9.17, 15) is 9.59 Å². The zero-order valence-corrected chi connectivity index (χ0v) is 13.7. The fraction of sp³-hybridized carbons (Fsp3) is 0.222. The standard InChI is InChI=1S/C18H20N2O3/c1-12-8-9-16(23-4)15(10-12)17(21)19-14-7-5-6-13(11-14)18(22)20(2)3/h5-11H,1-4H3,(H,19,21). The lowest BCUT2D eigenvalue weighted by molar-refractivity contribution is 0.0827. The van der Waals surface area contributed by atoms with E-state index >= 15 is 0 Å². The Bertz CT molecular complexity index is 739. The Balaban J connectivity index is 2.26. The summed E-state index contributed by atoms with van der Waals surface area (Å²) >= 11 is 0. The van der Waals surface area contributed by atoms with Gasteiger partial charge >= 0.3 is 0 Å². The number of carbonyl (C=O) groups excluding carboxylic acids is 2. The highest BCUT2D eigenvalue weighted by atomic mass is 16.5. The SMILES string of the molecule is COc1ccc(C)cc1C(=O)Nc1cccc(C(=O)N(C)C)c1. The molecule has 2 aromatic carbocycles. The number of nitrogens with one attached hydrogen (secondary N) is 1. The van der Waals surface area contributed by atoms with Crippen LogP contribution in [0.4, 0.5) is 5.69 Å². The molecule has 5 heteroatoms. The van der Waals surface area contributed by atoms with Crippen LogP contribution in [-0.2, 0) is 0 Å². The van der Waals surface area contributed by atoms with Gasteiger partial charge in [0.15, 0.2) is 0 Å². The normalized spacial score (nSPS) is 10.1. The molecule has 5 nitrogen and oxygen atoms in total. The van der Waals surface area contributed by atoms with Gasteiger partial charge in [-0.25, -0.2) is 0 Å². The molecule has 0 aliphatic carbocycles. The van der Waals surface area contributed by atoms with Gasteiger partial charge in [-0.15, -0.1) is 0 Å². The van der Waals surface area contributed by atoms with Crippen molar-refractivity contribution < 1.29 is 14.3 Å². The van der Waals surface area contributed by atoms with Crippen LogP contribution in [0, 0.1) is 6.92 Å². The van der Waals surface area contributed by atoms with Crippen molar-refractivity contribution in [3.63, 3.8) is 0 Å². The third-order valence-electron chi connectivity index (χ3n) is 3.37. The number of ether oxygens (including phenoxy) is 1. The quantitative estimate of drug-likeness (QED) is 0.944. The van der Waals surface area contributed by atoms with Crippen molar-refractivity contribution in [2.24, 2.45) is 0 Å². The molecule has 23 heavy (non-hydrogen) atoms. The van der Waals surface area contributed by atoms with Gasteiger partial charge in [0.25, 0.3) is 11.8 Å². The second-order valence-corrected chi connectivity index (χ2v) is 5.44. The number of aryl methyl sites for hydroxylation is 1. The summed E-state index contributed by atoms with van der Waals surface area (Å²) in [5.41, 5.74) is 2.50. The average Bonchev–Trinajstić information content (AvgIpc) is 2.54. The first-order valence-corrected chi connectivity index (χ1v) is 7.20. The lowest BCUT2D eigenvalue weighted by Crippen LogP contribution is -2.22. The fourth-order valence-corrected chi connectivity index (χ4v) is 2.19. The summed E-state index contributed by atoms with van der Waals surface area (Å²) in [6, 6.07) is 12.3. The summed E-state index contributed by atoms with van der Waals surface area (Å²) in [7, 11) is 4.90. The molecule has 2 rings (SSSR count). The van der Waals surface area contributed by atoms with Gasteiger partial charge in [0.2, 0.25) is 0 Å². The highest BCUT2D eigenvalue weighted by Gasteiger charge is 2.14. The van der Waals surface area contributed by atoms with Crippen LogP contribution < -0.4 is 10.1 Å². The number of anilines is 1. The van der Waals surface area contributed by atoms with Gasteiger partial charge in [-0.1, -0.05) is 17.7 Å². The Hall–Kier alpha value is -2.82. The van der Waals surface area contributed by atoms with E-state index in [0.717, 1.165) is 5.56 Å². The molecule has 0 aromatic heterocycles. The molecule has 0 radical (unpaired) electrons. The predicted molar refractivity (Wildman–Crippen MR) is 90.1 cm³/mol. The monoisotopic (exact) mass is 312 g/mol.